The van der Waals surface area contributed by atoms with Crippen LogP contribution in [-0.2, 0) is 18.5 Å². The number of nitrogens with one attached hydrogen (secondary N) is 4. The molecule has 0 radical (unpaired) electrons. The third-order valence-electron chi connectivity index (χ3n) is 23.2. The lowest BCUT2D eigenvalue weighted by molar-refractivity contribution is -0.138. The number of urea groups is 4. The summed E-state index contributed by atoms with van der Waals surface area (Å²) in [7, 11) is 0. The van der Waals surface area contributed by atoms with Crippen molar-refractivity contribution >= 4 is 209 Å². The Kier molecular flexibility index (Phi) is 34.2. The van der Waals surface area contributed by atoms with Gasteiger partial charge in [0.25, 0.3) is 0 Å². The third-order valence-corrected chi connectivity index (χ3v) is 26.4. The van der Waals surface area contributed by atoms with E-state index in [0.717, 1.165) is 92.1 Å². The minimum Gasteiger partial charge on any atom is -0.360 e. The molecule has 0 spiro atoms. The highest BCUT2D eigenvalue weighted by Gasteiger charge is 2.40. The van der Waals surface area contributed by atoms with Gasteiger partial charge in [0.1, 0.15) is 0 Å². The highest BCUT2D eigenvalue weighted by Crippen LogP contribution is 2.45. The van der Waals surface area contributed by atoms with Crippen molar-refractivity contribution in [1.82, 2.24) is 19.6 Å². The van der Waals surface area contributed by atoms with Crippen LogP contribution < -0.4 is 40.9 Å². The van der Waals surface area contributed by atoms with Crippen LogP contribution in [0.2, 0.25) is 60.3 Å². The summed E-state index contributed by atoms with van der Waals surface area (Å²) < 4.78 is 118. The van der Waals surface area contributed by atoms with Crippen LogP contribution in [0.3, 0.4) is 0 Å². The molecule has 0 saturated carbocycles. The summed E-state index contributed by atoms with van der Waals surface area (Å²) in [6, 6.07) is 79.9. The SMILES string of the molecule is O=C(Nc1ccc(C(F)(F)F)cc1)N1CCN(c2ccc(Cl)cc2Cl)C(c2ccc(Cl)cc2)C1.O=C(Nc1cccc(C(F)(F)F)c1)N1CCN(c2ccc(Cl)cc2Cl)C(c2ccc(Cl)cc2)C1.O=C(Nc1ccccc1-c1ccccc1)N1CCN(c2ccc(Cl)cc2Cl)C(c2ccc(Cl)cc2)C1.O=C(Nc1ccccc1C(F)(F)F)N1CCN(c2ccc(Cl)cc2Cl)C(c2ccc(Cl)cc2)C1. The topological polar surface area (TPSA) is 142 Å². The average Bonchev–Trinajstić information content (AvgIpc) is 0.793. The van der Waals surface area contributed by atoms with Gasteiger partial charge in [0.05, 0.1) is 95.1 Å². The molecule has 0 aliphatic carbocycles. The zero-order valence-electron chi connectivity index (χ0n) is 72.2. The number of hydrogen-bond acceptors (Lipinski definition) is 8. The molecule has 4 aliphatic heterocycles. The summed E-state index contributed by atoms with van der Waals surface area (Å²) in [6.45, 7) is 4.82. The molecule has 0 bridgehead atoms. The smallest absolute Gasteiger partial charge is 0.360 e. The highest BCUT2D eigenvalue weighted by atomic mass is 35.5. The van der Waals surface area contributed by atoms with Gasteiger partial charge in [-0.3, -0.25) is 0 Å². The minimum absolute atomic E-state index is 0.0750. The molecule has 13 aromatic carbocycles. The quantitative estimate of drug-likeness (QED) is 0.0836. The first-order valence-electron chi connectivity index (χ1n) is 42.6. The molecular weight excluding hydrogens is 2040 g/mol. The standard InChI is InChI=1S/C29H24Cl3N3O.3C24H19Cl3F3N3O/c30-22-12-10-21(11-13-22)28-19-34(16-17-35(28)27-15-14-23(31)18-25(27)32)29(36)33-26-9-5-4-8-24(26)20-6-2-1-3-7-20;25-17-5-1-15(2-6-17)22-14-32(11-12-33(22)21-10-7-18(26)13-20(21)27)23(34)31-19-8-3-16(4-9-19)24(28,29)30;25-17-6-4-15(5-7-17)22-14-32(10-11-33(22)21-9-8-18(26)13-20(21)27)23(34)31-19-3-1-2-16(12-19)24(28,29)30;25-16-7-5-15(6-8-16)22-14-32(11-12-33(22)21-10-9-17(26)13-19(21)27)23(34)31-20-4-2-1-3-18(20)24(28,29)30/h1-15,18,28H,16-17,19H2,(H,33,36);1-10,13,22H,11-12,14H2,(H,31,34);1-9,12-13,22H,10-11,14H2,(H,31,34);1-10,13,22H,11-12,14H2,(H,31,34). The predicted octanol–water partition coefficient (Wildman–Crippen LogP) is 31.7. The van der Waals surface area contributed by atoms with Gasteiger partial charge >= 0.3 is 42.7 Å². The fourth-order valence-electron chi connectivity index (χ4n) is 16.4. The van der Waals surface area contributed by atoms with Gasteiger partial charge in [0.2, 0.25) is 0 Å². The second kappa shape index (κ2) is 45.9. The van der Waals surface area contributed by atoms with E-state index in [1.165, 1.54) is 47.4 Å². The molecule has 4 aliphatic rings. The molecule has 17 rings (SSSR count). The van der Waals surface area contributed by atoms with Gasteiger partial charge in [-0.25, -0.2) is 19.2 Å². The number of rotatable bonds is 13. The molecule has 4 heterocycles. The fraction of sp³-hybridized carbons (Fsp3) is 0.188. The molecule has 138 heavy (non-hydrogen) atoms. The average molecular weight is 2120 g/mol. The molecular formula is C101H81Cl12F9N12O4. The second-order valence-electron chi connectivity index (χ2n) is 32.0. The van der Waals surface area contributed by atoms with Crippen molar-refractivity contribution in [3.63, 3.8) is 0 Å². The summed E-state index contributed by atoms with van der Waals surface area (Å²) in [4.78, 5) is 67.4. The van der Waals surface area contributed by atoms with Crippen LogP contribution in [0.5, 0.6) is 0 Å². The van der Waals surface area contributed by atoms with Gasteiger partial charge in [-0.2, -0.15) is 39.5 Å². The lowest BCUT2D eigenvalue weighted by Gasteiger charge is -2.43. The van der Waals surface area contributed by atoms with Crippen molar-refractivity contribution in [2.45, 2.75) is 42.7 Å². The number of carbonyl (C=O) groups is 4. The molecule has 716 valence electrons. The predicted molar refractivity (Wildman–Crippen MR) is 541 cm³/mol. The van der Waals surface area contributed by atoms with Crippen LogP contribution >= 0.6 is 139 Å². The number of hydrogen-bond donors (Lipinski definition) is 4. The maximum absolute atomic E-state index is 13.5. The van der Waals surface area contributed by atoms with Crippen LogP contribution in [0.15, 0.2) is 297 Å². The normalized spacial score (nSPS) is 16.2. The maximum atomic E-state index is 13.5. The number of halogens is 21. The number of benzene rings is 13. The molecule has 4 N–H and O–H groups in total. The van der Waals surface area contributed by atoms with E-state index in [0.29, 0.717) is 119 Å². The number of anilines is 8. The van der Waals surface area contributed by atoms with Crippen molar-refractivity contribution in [2.24, 2.45) is 0 Å². The van der Waals surface area contributed by atoms with Gasteiger partial charge in [0, 0.05) is 136 Å². The molecule has 13 aromatic rings. The molecule has 4 atom stereocenters. The Morgan fingerprint density at radius 3 is 0.884 bits per heavy atom. The molecule has 37 heteroatoms. The van der Waals surface area contributed by atoms with Crippen LogP contribution in [0, 0.1) is 0 Å². The van der Waals surface area contributed by atoms with Crippen molar-refractivity contribution in [2.75, 3.05) is 119 Å². The first-order valence-corrected chi connectivity index (χ1v) is 47.2. The molecule has 4 fully saturated rings. The first kappa shape index (κ1) is 103. The van der Waals surface area contributed by atoms with Gasteiger partial charge in [0.15, 0.2) is 0 Å². The van der Waals surface area contributed by atoms with Crippen molar-refractivity contribution in [3.05, 3.63) is 396 Å². The Labute approximate surface area is 850 Å². The van der Waals surface area contributed by atoms with E-state index in [-0.39, 0.29) is 66.9 Å². The number of piperazine rings is 4. The molecule has 8 amide bonds. The molecule has 4 unspecified atom stereocenters. The van der Waals surface area contributed by atoms with E-state index in [1.54, 1.807) is 88.7 Å². The lowest BCUT2D eigenvalue weighted by Crippen LogP contribution is -2.52. The molecule has 4 saturated heterocycles. The van der Waals surface area contributed by atoms with Gasteiger partial charge < -0.3 is 60.5 Å². The number of para-hydroxylation sites is 2. The minimum atomic E-state index is -4.58. The summed E-state index contributed by atoms with van der Waals surface area (Å²) in [5.74, 6) is 0. The van der Waals surface area contributed by atoms with Crippen LogP contribution in [0.1, 0.15) is 63.1 Å². The van der Waals surface area contributed by atoms with Crippen molar-refractivity contribution in [3.8, 4) is 11.1 Å². The summed E-state index contributed by atoms with van der Waals surface area (Å²) in [5, 5.41) is 17.4. The maximum Gasteiger partial charge on any atom is 0.418 e. The Morgan fingerprint density at radius 1 is 0.254 bits per heavy atom. The van der Waals surface area contributed by atoms with E-state index in [2.05, 4.69) is 40.9 Å². The fourth-order valence-corrected chi connectivity index (χ4v) is 18.9. The monoisotopic (exact) mass is 2120 g/mol. The zero-order valence-corrected chi connectivity index (χ0v) is 81.3. The van der Waals surface area contributed by atoms with Crippen LogP contribution in [0.4, 0.5) is 104 Å². The number of amides is 8. The third kappa shape index (κ3) is 26.6. The van der Waals surface area contributed by atoms with E-state index < -0.39 is 53.3 Å². The van der Waals surface area contributed by atoms with E-state index in [1.807, 2.05) is 150 Å². The summed E-state index contributed by atoms with van der Waals surface area (Å²) in [6.07, 6.45) is -13.5. The van der Waals surface area contributed by atoms with Crippen LogP contribution in [0.25, 0.3) is 11.1 Å². The zero-order chi connectivity index (χ0) is 98.4. The van der Waals surface area contributed by atoms with E-state index >= 15 is 0 Å². The van der Waals surface area contributed by atoms with Gasteiger partial charge in [-0.15, -0.1) is 0 Å². The summed E-state index contributed by atoms with van der Waals surface area (Å²) in [5.41, 5.74) is 7.33. The molecule has 0 aromatic heterocycles. The molecule has 16 nitrogen and oxygen atoms in total. The van der Waals surface area contributed by atoms with Crippen molar-refractivity contribution in [1.29, 1.82) is 0 Å². The van der Waals surface area contributed by atoms with Gasteiger partial charge in [-0.05, 0) is 210 Å². The van der Waals surface area contributed by atoms with Crippen molar-refractivity contribution < 1.29 is 58.7 Å². The lowest BCUT2D eigenvalue weighted by atomic mass is 10.0. The Balaban J connectivity index is 0.000000147. The first-order chi connectivity index (χ1) is 65.8. The Morgan fingerprint density at radius 2 is 0.551 bits per heavy atom. The van der Waals surface area contributed by atoms with E-state index in [9.17, 15) is 58.7 Å². The van der Waals surface area contributed by atoms with Gasteiger partial charge in [-0.1, -0.05) is 254 Å². The largest absolute Gasteiger partial charge is 0.418 e. The number of alkyl halides is 9. The Hall–Kier alpha value is -11.0. The second-order valence-corrected chi connectivity index (χ2v) is 37.2. The Bertz CT molecular complexity index is 6450. The van der Waals surface area contributed by atoms with E-state index in [4.69, 9.17) is 139 Å². The van der Waals surface area contributed by atoms with Crippen LogP contribution in [-0.4, -0.2) is 122 Å². The summed E-state index contributed by atoms with van der Waals surface area (Å²) >= 11 is 74.6. The number of carbonyl (C=O) groups excluding carboxylic acids is 4. The highest BCUT2D eigenvalue weighted by molar-refractivity contribution is 6.39. The number of nitrogens with zero attached hydrogens (tertiary/aromatic N) is 8.